The number of carbonyl (C=O) groups excluding carboxylic acids is 1. The number of hydrogen-bond donors (Lipinski definition) is 2. The van der Waals surface area contributed by atoms with E-state index < -0.39 is 0 Å². The number of nitrogens with two attached hydrogens (primary N) is 1. The zero-order valence-corrected chi connectivity index (χ0v) is 11.8. The van der Waals surface area contributed by atoms with Gasteiger partial charge < -0.3 is 15.8 Å². The molecule has 6 heteroatoms. The van der Waals surface area contributed by atoms with Crippen molar-refractivity contribution in [2.75, 3.05) is 11.9 Å². The molecule has 2 aromatic rings. The van der Waals surface area contributed by atoms with E-state index in [1.54, 1.807) is 42.6 Å². The zero-order valence-electron chi connectivity index (χ0n) is 11.0. The Bertz CT molecular complexity index is 623. The molecule has 3 N–H and O–H groups in total. The molecule has 0 aliphatic carbocycles. The number of amides is 1. The molecule has 0 atom stereocenters. The van der Waals surface area contributed by atoms with Gasteiger partial charge in [-0.15, -0.1) is 0 Å². The maximum Gasteiger partial charge on any atom is 0.231 e. The number of rotatable bonds is 4. The summed E-state index contributed by atoms with van der Waals surface area (Å²) in [6, 6.07) is 8.97. The summed E-state index contributed by atoms with van der Waals surface area (Å²) in [6.07, 6.45) is 0.324. The normalized spacial score (nSPS) is 11.3. The average Bonchev–Trinajstić information content (AvgIpc) is 2.98. The number of carbonyl (C=O) groups is 1. The van der Waals surface area contributed by atoms with Gasteiger partial charge in [-0.05, 0) is 34.5 Å². The van der Waals surface area contributed by atoms with E-state index in [4.69, 9.17) is 10.9 Å². The van der Waals surface area contributed by atoms with Gasteiger partial charge in [-0.3, -0.25) is 4.79 Å². The Morgan fingerprint density at radius 2 is 2.15 bits per heavy atom. The average molecular weight is 289 g/mol. The molecule has 5 nitrogen and oxygen atoms in total. The first-order chi connectivity index (χ1) is 9.63. The fourth-order valence-electron chi connectivity index (χ4n) is 1.86. The number of hydrogen-bond acceptors (Lipinski definition) is 4. The second-order valence-corrected chi connectivity index (χ2v) is 5.04. The van der Waals surface area contributed by atoms with Crippen LogP contribution >= 0.6 is 11.3 Å². The van der Waals surface area contributed by atoms with E-state index in [1.165, 1.54) is 4.90 Å². The van der Waals surface area contributed by atoms with Crippen LogP contribution in [0.3, 0.4) is 0 Å². The lowest BCUT2D eigenvalue weighted by atomic mass is 10.1. The van der Waals surface area contributed by atoms with E-state index in [-0.39, 0.29) is 11.7 Å². The molecular formula is C14H15N3O2S. The Labute approximate surface area is 120 Å². The Kier molecular flexibility index (Phi) is 4.37. The van der Waals surface area contributed by atoms with Crippen LogP contribution in [0.5, 0.6) is 0 Å². The first-order valence-electron chi connectivity index (χ1n) is 5.98. The summed E-state index contributed by atoms with van der Waals surface area (Å²) in [5.74, 6) is -0.0719. The van der Waals surface area contributed by atoms with Crippen molar-refractivity contribution in [3.05, 3.63) is 52.2 Å². The van der Waals surface area contributed by atoms with Gasteiger partial charge in [0.2, 0.25) is 5.91 Å². The van der Waals surface area contributed by atoms with Crippen molar-refractivity contribution in [2.24, 2.45) is 10.9 Å². The number of amidine groups is 1. The van der Waals surface area contributed by atoms with Crippen LogP contribution in [0.1, 0.15) is 11.1 Å². The van der Waals surface area contributed by atoms with E-state index in [9.17, 15) is 4.79 Å². The summed E-state index contributed by atoms with van der Waals surface area (Å²) in [7, 11) is 1.68. The van der Waals surface area contributed by atoms with Crippen molar-refractivity contribution in [2.45, 2.75) is 6.42 Å². The summed E-state index contributed by atoms with van der Waals surface area (Å²) in [5, 5.41) is 15.7. The van der Waals surface area contributed by atoms with Gasteiger partial charge in [0.05, 0.1) is 12.1 Å². The van der Waals surface area contributed by atoms with Crippen LogP contribution in [0.15, 0.2) is 46.2 Å². The molecule has 1 aromatic carbocycles. The third kappa shape index (κ3) is 2.97. The predicted molar refractivity (Wildman–Crippen MR) is 80.4 cm³/mol. The van der Waals surface area contributed by atoms with Gasteiger partial charge in [0.1, 0.15) is 0 Å². The van der Waals surface area contributed by atoms with E-state index in [0.717, 1.165) is 5.56 Å². The topological polar surface area (TPSA) is 78.9 Å². The summed E-state index contributed by atoms with van der Waals surface area (Å²) < 4.78 is 0. The largest absolute Gasteiger partial charge is 0.409 e. The standard InChI is InChI=1S/C14H15N3O2S/c1-17(13(18)8-10-6-7-20-9-10)12-5-3-2-4-11(12)14(15)16-19/h2-7,9,19H,8H2,1H3,(H2,15,16). The van der Waals surface area contributed by atoms with Crippen molar-refractivity contribution in [1.82, 2.24) is 0 Å². The lowest BCUT2D eigenvalue weighted by Gasteiger charge is -2.20. The smallest absolute Gasteiger partial charge is 0.231 e. The van der Waals surface area contributed by atoms with E-state index >= 15 is 0 Å². The van der Waals surface area contributed by atoms with E-state index in [0.29, 0.717) is 17.7 Å². The van der Waals surface area contributed by atoms with Crippen LogP contribution in [-0.4, -0.2) is 24.0 Å². The van der Waals surface area contributed by atoms with Crippen LogP contribution in [0.25, 0.3) is 0 Å². The maximum absolute atomic E-state index is 12.3. The summed E-state index contributed by atoms with van der Waals surface area (Å²) >= 11 is 1.56. The Morgan fingerprint density at radius 1 is 1.40 bits per heavy atom. The molecule has 0 spiro atoms. The molecule has 1 aromatic heterocycles. The minimum Gasteiger partial charge on any atom is -0.409 e. The van der Waals surface area contributed by atoms with E-state index in [1.807, 2.05) is 16.8 Å². The highest BCUT2D eigenvalue weighted by Crippen LogP contribution is 2.20. The van der Waals surface area contributed by atoms with Crippen molar-refractivity contribution in [1.29, 1.82) is 0 Å². The molecule has 0 saturated heterocycles. The number of para-hydroxylation sites is 1. The predicted octanol–water partition coefficient (Wildman–Crippen LogP) is 2.05. The van der Waals surface area contributed by atoms with Gasteiger partial charge in [0.25, 0.3) is 0 Å². The summed E-state index contributed by atoms with van der Waals surface area (Å²) in [5.41, 5.74) is 7.75. The molecule has 1 amide bonds. The highest BCUT2D eigenvalue weighted by Gasteiger charge is 2.16. The van der Waals surface area contributed by atoms with Gasteiger partial charge >= 0.3 is 0 Å². The quantitative estimate of drug-likeness (QED) is 0.391. The maximum atomic E-state index is 12.3. The van der Waals surface area contributed by atoms with Gasteiger partial charge in [0, 0.05) is 12.6 Å². The van der Waals surface area contributed by atoms with Crippen molar-refractivity contribution in [3.8, 4) is 0 Å². The van der Waals surface area contributed by atoms with Gasteiger partial charge in [0.15, 0.2) is 5.84 Å². The SMILES string of the molecule is CN(C(=O)Cc1ccsc1)c1ccccc1/C(N)=N/O. The third-order valence-electron chi connectivity index (χ3n) is 2.96. The lowest BCUT2D eigenvalue weighted by molar-refractivity contribution is -0.117. The molecule has 104 valence electrons. The fraction of sp³-hybridized carbons (Fsp3) is 0.143. The zero-order chi connectivity index (χ0) is 14.5. The van der Waals surface area contributed by atoms with Crippen molar-refractivity contribution in [3.63, 3.8) is 0 Å². The molecule has 0 aliphatic rings. The van der Waals surface area contributed by atoms with Crippen molar-refractivity contribution < 1.29 is 10.0 Å². The molecule has 1 heterocycles. The number of likely N-dealkylation sites (N-methyl/N-ethyl adjacent to an activating group) is 1. The minimum absolute atomic E-state index is 0.0178. The van der Waals surface area contributed by atoms with E-state index in [2.05, 4.69) is 5.16 Å². The Morgan fingerprint density at radius 3 is 2.80 bits per heavy atom. The summed E-state index contributed by atoms with van der Waals surface area (Å²) in [6.45, 7) is 0. The molecule has 0 fully saturated rings. The molecule has 0 unspecified atom stereocenters. The molecule has 0 bridgehead atoms. The second-order valence-electron chi connectivity index (χ2n) is 4.26. The molecule has 0 radical (unpaired) electrons. The molecule has 2 rings (SSSR count). The highest BCUT2D eigenvalue weighted by molar-refractivity contribution is 7.08. The van der Waals surface area contributed by atoms with Gasteiger partial charge in [-0.1, -0.05) is 17.3 Å². The number of thiophene rings is 1. The second kappa shape index (κ2) is 6.21. The Balaban J connectivity index is 2.25. The van der Waals surface area contributed by atoms with Crippen molar-refractivity contribution >= 4 is 28.8 Å². The highest BCUT2D eigenvalue weighted by atomic mass is 32.1. The number of anilines is 1. The van der Waals surface area contributed by atoms with Crippen LogP contribution in [-0.2, 0) is 11.2 Å². The monoisotopic (exact) mass is 289 g/mol. The molecule has 0 saturated carbocycles. The van der Waals surface area contributed by atoms with Gasteiger partial charge in [-0.2, -0.15) is 11.3 Å². The van der Waals surface area contributed by atoms with Crippen LogP contribution in [0, 0.1) is 0 Å². The van der Waals surface area contributed by atoms with Crippen LogP contribution < -0.4 is 10.6 Å². The molecule has 0 aliphatic heterocycles. The van der Waals surface area contributed by atoms with Gasteiger partial charge in [-0.25, -0.2) is 0 Å². The number of oxime groups is 1. The first-order valence-corrected chi connectivity index (χ1v) is 6.92. The number of nitrogens with zero attached hydrogens (tertiary/aromatic N) is 2. The number of benzene rings is 1. The first kappa shape index (κ1) is 14.1. The van der Waals surface area contributed by atoms with Crippen LogP contribution in [0.4, 0.5) is 5.69 Å². The molecule has 20 heavy (non-hydrogen) atoms. The Hall–Kier alpha value is -2.34. The molecular weight excluding hydrogens is 274 g/mol. The van der Waals surface area contributed by atoms with Crippen LogP contribution in [0.2, 0.25) is 0 Å². The summed E-state index contributed by atoms with van der Waals surface area (Å²) in [4.78, 5) is 13.8. The fourth-order valence-corrected chi connectivity index (χ4v) is 2.53. The third-order valence-corrected chi connectivity index (χ3v) is 3.69. The minimum atomic E-state index is -0.0541. The lowest BCUT2D eigenvalue weighted by Crippen LogP contribution is -2.30.